The molecule has 2 aliphatic rings. The second-order valence-corrected chi connectivity index (χ2v) is 8.81. The highest BCUT2D eigenvalue weighted by Crippen LogP contribution is 2.34. The molecule has 0 aromatic heterocycles. The van der Waals surface area contributed by atoms with Crippen LogP contribution in [0.1, 0.15) is 80.1 Å². The molecule has 2 rings (SSSR count). The van der Waals surface area contributed by atoms with Crippen LogP contribution in [0, 0.1) is 0 Å². The van der Waals surface area contributed by atoms with E-state index in [9.17, 15) is 9.59 Å². The normalized spacial score (nSPS) is 22.7. The third-order valence-electron chi connectivity index (χ3n) is 5.05. The molecule has 6 heteroatoms. The average Bonchev–Trinajstić information content (AvgIpc) is 2.86. The number of carbonyl (C=O) groups excluding carboxylic acids is 2. The van der Waals surface area contributed by atoms with Crippen LogP contribution in [0.25, 0.3) is 0 Å². The van der Waals surface area contributed by atoms with E-state index in [0.717, 1.165) is 44.1 Å². The van der Waals surface area contributed by atoms with Crippen molar-refractivity contribution in [2.45, 2.75) is 97.4 Å². The number of carbonyl (C=O) groups is 2. The third-order valence-corrected chi connectivity index (χ3v) is 5.05. The smallest absolute Gasteiger partial charge is 0.412 e. The maximum Gasteiger partial charge on any atom is 0.412 e. The SMILES string of the molecule is CCOC(=O)C1=C(CC[C@@H]2COC(C)(C)N2C(=O)OC(C)(C)C)CCCC1. The molecule has 0 bridgehead atoms. The van der Waals surface area contributed by atoms with Crippen molar-refractivity contribution in [3.05, 3.63) is 11.1 Å². The van der Waals surface area contributed by atoms with Crippen molar-refractivity contribution in [3.8, 4) is 0 Å². The van der Waals surface area contributed by atoms with Gasteiger partial charge >= 0.3 is 12.1 Å². The molecule has 1 aliphatic carbocycles. The van der Waals surface area contributed by atoms with Gasteiger partial charge in [0.15, 0.2) is 0 Å². The summed E-state index contributed by atoms with van der Waals surface area (Å²) in [6.07, 6.45) is 5.02. The Hall–Kier alpha value is -1.56. The molecule has 0 radical (unpaired) electrons. The Bertz CT molecular complexity index is 588. The Kier molecular flexibility index (Phi) is 6.95. The summed E-state index contributed by atoms with van der Waals surface area (Å²) in [5, 5.41) is 0. The Labute approximate surface area is 163 Å². The number of amides is 1. The lowest BCUT2D eigenvalue weighted by Gasteiger charge is -2.35. The first-order chi connectivity index (χ1) is 12.5. The fourth-order valence-corrected chi connectivity index (χ4v) is 3.83. The minimum Gasteiger partial charge on any atom is -0.463 e. The molecule has 1 saturated heterocycles. The van der Waals surface area contributed by atoms with Crippen LogP contribution in [-0.2, 0) is 19.0 Å². The summed E-state index contributed by atoms with van der Waals surface area (Å²) >= 11 is 0. The summed E-state index contributed by atoms with van der Waals surface area (Å²) in [5.41, 5.74) is 0.764. The van der Waals surface area contributed by atoms with Crippen LogP contribution < -0.4 is 0 Å². The van der Waals surface area contributed by atoms with Crippen LogP contribution in [0.2, 0.25) is 0 Å². The third kappa shape index (κ3) is 5.71. The van der Waals surface area contributed by atoms with Gasteiger partial charge in [-0.2, -0.15) is 0 Å². The number of allylic oxidation sites excluding steroid dienone is 1. The number of ether oxygens (including phenoxy) is 3. The van der Waals surface area contributed by atoms with Gasteiger partial charge in [0.05, 0.1) is 19.3 Å². The molecule has 0 aromatic rings. The van der Waals surface area contributed by atoms with Crippen molar-refractivity contribution in [1.82, 2.24) is 4.90 Å². The van der Waals surface area contributed by atoms with Gasteiger partial charge in [-0.05, 0) is 80.1 Å². The van der Waals surface area contributed by atoms with Crippen molar-refractivity contribution in [2.24, 2.45) is 0 Å². The molecule has 0 N–H and O–H groups in total. The van der Waals surface area contributed by atoms with E-state index < -0.39 is 11.3 Å². The first-order valence-electron chi connectivity index (χ1n) is 10.1. The van der Waals surface area contributed by atoms with Gasteiger partial charge in [-0.3, -0.25) is 4.90 Å². The van der Waals surface area contributed by atoms with E-state index in [0.29, 0.717) is 13.2 Å². The second-order valence-electron chi connectivity index (χ2n) is 8.81. The van der Waals surface area contributed by atoms with Gasteiger partial charge in [0, 0.05) is 5.57 Å². The zero-order chi connectivity index (χ0) is 20.2. The Morgan fingerprint density at radius 2 is 1.89 bits per heavy atom. The van der Waals surface area contributed by atoms with Crippen LogP contribution in [0.3, 0.4) is 0 Å². The van der Waals surface area contributed by atoms with Crippen LogP contribution in [0.15, 0.2) is 11.1 Å². The highest BCUT2D eigenvalue weighted by Gasteiger charge is 2.45. The van der Waals surface area contributed by atoms with E-state index in [1.54, 1.807) is 4.90 Å². The zero-order valence-corrected chi connectivity index (χ0v) is 17.7. The maximum absolute atomic E-state index is 12.7. The van der Waals surface area contributed by atoms with Gasteiger partial charge < -0.3 is 14.2 Å². The number of esters is 1. The standard InChI is InChI=1S/C21H35NO5/c1-7-25-18(23)17-11-9-8-10-15(17)12-13-16-14-26-21(5,6)22(16)19(24)27-20(2,3)4/h16H,7-14H2,1-6H3/t16-/m1/s1. The van der Waals surface area contributed by atoms with Crippen LogP contribution in [-0.4, -0.2) is 47.5 Å². The predicted molar refractivity (Wildman–Crippen MR) is 103 cm³/mol. The Morgan fingerprint density at radius 3 is 2.52 bits per heavy atom. The number of hydrogen-bond acceptors (Lipinski definition) is 5. The second kappa shape index (κ2) is 8.63. The zero-order valence-electron chi connectivity index (χ0n) is 17.7. The molecule has 1 heterocycles. The molecular formula is C21H35NO5. The Balaban J connectivity index is 2.10. The van der Waals surface area contributed by atoms with E-state index in [2.05, 4.69) is 0 Å². The Morgan fingerprint density at radius 1 is 1.22 bits per heavy atom. The van der Waals surface area contributed by atoms with E-state index in [-0.39, 0.29) is 18.1 Å². The lowest BCUT2D eigenvalue weighted by molar-refractivity contribution is -0.138. The van der Waals surface area contributed by atoms with Crippen molar-refractivity contribution in [3.63, 3.8) is 0 Å². The molecule has 27 heavy (non-hydrogen) atoms. The summed E-state index contributed by atoms with van der Waals surface area (Å²) in [7, 11) is 0. The minimum atomic E-state index is -0.697. The molecular weight excluding hydrogens is 346 g/mol. The first-order valence-corrected chi connectivity index (χ1v) is 10.1. The molecule has 1 fully saturated rings. The average molecular weight is 382 g/mol. The van der Waals surface area contributed by atoms with Gasteiger partial charge in [0.25, 0.3) is 0 Å². The summed E-state index contributed by atoms with van der Waals surface area (Å²) < 4.78 is 16.7. The summed E-state index contributed by atoms with van der Waals surface area (Å²) in [6, 6.07) is -0.0623. The minimum absolute atomic E-state index is 0.0623. The highest BCUT2D eigenvalue weighted by molar-refractivity contribution is 5.89. The molecule has 1 atom stereocenters. The van der Waals surface area contributed by atoms with Crippen molar-refractivity contribution in [1.29, 1.82) is 0 Å². The number of rotatable bonds is 5. The largest absolute Gasteiger partial charge is 0.463 e. The van der Waals surface area contributed by atoms with Crippen molar-refractivity contribution < 1.29 is 23.8 Å². The van der Waals surface area contributed by atoms with E-state index in [1.165, 1.54) is 5.57 Å². The molecule has 0 unspecified atom stereocenters. The summed E-state index contributed by atoms with van der Waals surface area (Å²) in [4.78, 5) is 26.7. The summed E-state index contributed by atoms with van der Waals surface area (Å²) in [6.45, 7) is 12.1. The van der Waals surface area contributed by atoms with Gasteiger partial charge in [0.2, 0.25) is 0 Å². The predicted octanol–water partition coefficient (Wildman–Crippen LogP) is 4.57. The first kappa shape index (κ1) is 21.7. The molecule has 0 spiro atoms. The highest BCUT2D eigenvalue weighted by atomic mass is 16.6. The topological polar surface area (TPSA) is 65.1 Å². The number of hydrogen-bond donors (Lipinski definition) is 0. The summed E-state index contributed by atoms with van der Waals surface area (Å²) in [5.74, 6) is -0.181. The lowest BCUT2D eigenvalue weighted by Crippen LogP contribution is -2.49. The monoisotopic (exact) mass is 381 g/mol. The van der Waals surface area contributed by atoms with Gasteiger partial charge in [0.1, 0.15) is 11.3 Å². The van der Waals surface area contributed by atoms with Gasteiger partial charge in [-0.15, -0.1) is 0 Å². The van der Waals surface area contributed by atoms with Crippen LogP contribution >= 0.6 is 0 Å². The molecule has 1 aliphatic heterocycles. The van der Waals surface area contributed by atoms with Crippen molar-refractivity contribution >= 4 is 12.1 Å². The molecule has 6 nitrogen and oxygen atoms in total. The van der Waals surface area contributed by atoms with Gasteiger partial charge in [-0.1, -0.05) is 5.57 Å². The van der Waals surface area contributed by atoms with Crippen molar-refractivity contribution in [2.75, 3.05) is 13.2 Å². The molecule has 154 valence electrons. The fraction of sp³-hybridized carbons (Fsp3) is 0.810. The van der Waals surface area contributed by atoms with E-state index in [1.807, 2.05) is 41.5 Å². The maximum atomic E-state index is 12.7. The van der Waals surface area contributed by atoms with Gasteiger partial charge in [-0.25, -0.2) is 9.59 Å². The lowest BCUT2D eigenvalue weighted by atomic mass is 9.88. The van der Waals surface area contributed by atoms with Crippen LogP contribution in [0.5, 0.6) is 0 Å². The van der Waals surface area contributed by atoms with E-state index in [4.69, 9.17) is 14.2 Å². The number of nitrogens with zero attached hydrogens (tertiary/aromatic N) is 1. The van der Waals surface area contributed by atoms with E-state index >= 15 is 0 Å². The molecule has 1 amide bonds. The quantitative estimate of drug-likeness (QED) is 0.653. The molecule has 0 saturated carbocycles. The molecule has 0 aromatic carbocycles. The fourth-order valence-electron chi connectivity index (χ4n) is 3.83. The van der Waals surface area contributed by atoms with Crippen LogP contribution in [0.4, 0.5) is 4.79 Å².